The van der Waals surface area contributed by atoms with E-state index >= 15 is 0 Å². The average Bonchev–Trinajstić information content (AvgIpc) is 2.87. The molecule has 1 amide bonds. The second kappa shape index (κ2) is 5.71. The second-order valence-corrected chi connectivity index (χ2v) is 6.87. The van der Waals surface area contributed by atoms with Crippen LogP contribution in [0, 0.1) is 11.6 Å². The van der Waals surface area contributed by atoms with E-state index in [1.54, 1.807) is 0 Å². The third-order valence-corrected chi connectivity index (χ3v) is 4.87. The summed E-state index contributed by atoms with van der Waals surface area (Å²) in [4.78, 5) is 11.3. The van der Waals surface area contributed by atoms with E-state index in [0.29, 0.717) is 11.3 Å². The first kappa shape index (κ1) is 15.6. The Labute approximate surface area is 131 Å². The highest BCUT2D eigenvalue weighted by Crippen LogP contribution is 2.25. The van der Waals surface area contributed by atoms with Gasteiger partial charge in [0.1, 0.15) is 11.6 Å². The molecule has 120 valence electrons. The fourth-order valence-corrected chi connectivity index (χ4v) is 3.36. The molecule has 0 saturated heterocycles. The number of carbonyl (C=O) groups is 1. The van der Waals surface area contributed by atoms with Gasteiger partial charge >= 0.3 is 0 Å². The molecule has 23 heavy (non-hydrogen) atoms. The topological polar surface area (TPSA) is 75.3 Å². The zero-order chi connectivity index (χ0) is 16.6. The molecule has 8 heteroatoms. The minimum atomic E-state index is -3.91. The number of fused-ring (bicyclic) bond motifs is 1. The fraction of sp³-hybridized carbons (Fsp3) is 0.133. The molecule has 1 aliphatic heterocycles. The molecule has 0 saturated carbocycles. The van der Waals surface area contributed by atoms with Crippen molar-refractivity contribution in [3.63, 3.8) is 0 Å². The van der Waals surface area contributed by atoms with Gasteiger partial charge in [-0.05, 0) is 42.0 Å². The number of hydrogen-bond donors (Lipinski definition) is 2. The van der Waals surface area contributed by atoms with Gasteiger partial charge in [-0.25, -0.2) is 21.9 Å². The van der Waals surface area contributed by atoms with Crippen molar-refractivity contribution in [2.75, 3.05) is 5.32 Å². The molecule has 0 aliphatic carbocycles. The summed E-state index contributed by atoms with van der Waals surface area (Å²) in [6.07, 6.45) is 0.108. The number of nitrogens with one attached hydrogen (secondary N) is 2. The molecule has 1 heterocycles. The van der Waals surface area contributed by atoms with Crippen LogP contribution in [0.4, 0.5) is 14.5 Å². The first-order valence-corrected chi connectivity index (χ1v) is 8.20. The number of anilines is 1. The van der Waals surface area contributed by atoms with Crippen LogP contribution in [0.25, 0.3) is 0 Å². The van der Waals surface area contributed by atoms with E-state index in [1.165, 1.54) is 18.2 Å². The quantitative estimate of drug-likeness (QED) is 0.895. The number of benzene rings is 2. The van der Waals surface area contributed by atoms with E-state index in [9.17, 15) is 22.0 Å². The number of amides is 1. The standard InChI is InChI=1S/C15H12F2N2O3S/c16-11-1-3-13(17)10(5-11)8-18-23(21,22)12-2-4-14-9(6-12)7-15(20)19-14/h1-6,18H,7-8H2,(H,19,20). The zero-order valence-electron chi connectivity index (χ0n) is 11.8. The van der Waals surface area contributed by atoms with Gasteiger partial charge in [0.2, 0.25) is 15.9 Å². The Morgan fingerprint density at radius 2 is 1.91 bits per heavy atom. The Kier molecular flexibility index (Phi) is 3.87. The van der Waals surface area contributed by atoms with Crippen LogP contribution >= 0.6 is 0 Å². The lowest BCUT2D eigenvalue weighted by molar-refractivity contribution is -0.115. The smallest absolute Gasteiger partial charge is 0.240 e. The minimum Gasteiger partial charge on any atom is -0.326 e. The first-order chi connectivity index (χ1) is 10.8. The largest absolute Gasteiger partial charge is 0.326 e. The summed E-state index contributed by atoms with van der Waals surface area (Å²) in [5.41, 5.74) is 1.06. The average molecular weight is 338 g/mol. The molecular formula is C15H12F2N2O3S. The van der Waals surface area contributed by atoms with Gasteiger partial charge in [0, 0.05) is 17.8 Å². The highest BCUT2D eigenvalue weighted by Gasteiger charge is 2.22. The highest BCUT2D eigenvalue weighted by atomic mass is 32.2. The van der Waals surface area contributed by atoms with Crippen LogP contribution in [-0.4, -0.2) is 14.3 Å². The van der Waals surface area contributed by atoms with E-state index in [1.807, 2.05) is 0 Å². The molecular weight excluding hydrogens is 326 g/mol. The van der Waals surface area contributed by atoms with Crippen molar-refractivity contribution in [3.8, 4) is 0 Å². The summed E-state index contributed by atoms with van der Waals surface area (Å²) < 4.78 is 53.3. The Hall–Kier alpha value is -2.32. The molecule has 0 aromatic heterocycles. The first-order valence-electron chi connectivity index (χ1n) is 6.71. The summed E-state index contributed by atoms with van der Waals surface area (Å²) in [6.45, 7) is -0.375. The fourth-order valence-electron chi connectivity index (χ4n) is 2.31. The monoisotopic (exact) mass is 338 g/mol. The van der Waals surface area contributed by atoms with Crippen molar-refractivity contribution in [2.24, 2.45) is 0 Å². The van der Waals surface area contributed by atoms with Gasteiger partial charge < -0.3 is 5.32 Å². The van der Waals surface area contributed by atoms with Crippen molar-refractivity contribution < 1.29 is 22.0 Å². The Morgan fingerprint density at radius 1 is 1.13 bits per heavy atom. The molecule has 3 rings (SSSR count). The lowest BCUT2D eigenvalue weighted by Crippen LogP contribution is -2.24. The molecule has 0 atom stereocenters. The van der Waals surface area contributed by atoms with Crippen molar-refractivity contribution in [3.05, 3.63) is 59.2 Å². The lowest BCUT2D eigenvalue weighted by atomic mass is 10.2. The predicted molar refractivity (Wildman–Crippen MR) is 79.2 cm³/mol. The maximum atomic E-state index is 13.5. The number of carbonyl (C=O) groups excluding carboxylic acids is 1. The summed E-state index contributed by atoms with van der Waals surface area (Å²) in [7, 11) is -3.91. The summed E-state index contributed by atoms with van der Waals surface area (Å²) in [6, 6.07) is 7.05. The van der Waals surface area contributed by atoms with Crippen LogP contribution in [0.2, 0.25) is 0 Å². The Bertz CT molecular complexity index is 898. The van der Waals surface area contributed by atoms with Gasteiger partial charge in [0.05, 0.1) is 11.3 Å². The van der Waals surface area contributed by atoms with Crippen molar-refractivity contribution in [1.29, 1.82) is 0 Å². The molecule has 2 N–H and O–H groups in total. The van der Waals surface area contributed by atoms with Crippen LogP contribution in [0.3, 0.4) is 0 Å². The second-order valence-electron chi connectivity index (χ2n) is 5.10. The van der Waals surface area contributed by atoms with Gasteiger partial charge in [-0.2, -0.15) is 0 Å². The molecule has 0 fully saturated rings. The van der Waals surface area contributed by atoms with Gasteiger partial charge in [0.25, 0.3) is 0 Å². The van der Waals surface area contributed by atoms with Crippen molar-refractivity contribution in [1.82, 2.24) is 4.72 Å². The van der Waals surface area contributed by atoms with Gasteiger partial charge in [-0.1, -0.05) is 0 Å². The third-order valence-electron chi connectivity index (χ3n) is 3.47. The minimum absolute atomic E-state index is 0.0374. The van der Waals surface area contributed by atoms with Crippen LogP contribution in [0.5, 0.6) is 0 Å². The number of sulfonamides is 1. The van der Waals surface area contributed by atoms with Crippen LogP contribution in [0.1, 0.15) is 11.1 Å². The van der Waals surface area contributed by atoms with Gasteiger partial charge in [-0.15, -0.1) is 0 Å². The lowest BCUT2D eigenvalue weighted by Gasteiger charge is -2.09. The normalized spacial score (nSPS) is 13.7. The maximum absolute atomic E-state index is 13.5. The molecule has 0 bridgehead atoms. The zero-order valence-corrected chi connectivity index (χ0v) is 12.6. The molecule has 0 spiro atoms. The SMILES string of the molecule is O=C1Cc2cc(S(=O)(=O)NCc3cc(F)ccc3F)ccc2N1. The summed E-state index contributed by atoms with van der Waals surface area (Å²) in [5.74, 6) is -1.55. The number of rotatable bonds is 4. The summed E-state index contributed by atoms with van der Waals surface area (Å²) >= 11 is 0. The van der Waals surface area contributed by atoms with E-state index in [4.69, 9.17) is 0 Å². The van der Waals surface area contributed by atoms with Crippen LogP contribution in [-0.2, 0) is 27.8 Å². The third kappa shape index (κ3) is 3.22. The molecule has 2 aromatic carbocycles. The molecule has 0 radical (unpaired) electrons. The predicted octanol–water partition coefficient (Wildman–Crippen LogP) is 1.94. The Balaban J connectivity index is 1.81. The van der Waals surface area contributed by atoms with E-state index < -0.39 is 21.7 Å². The Morgan fingerprint density at radius 3 is 2.70 bits per heavy atom. The van der Waals surface area contributed by atoms with Gasteiger partial charge in [-0.3, -0.25) is 4.79 Å². The molecule has 5 nitrogen and oxygen atoms in total. The molecule has 1 aliphatic rings. The van der Waals surface area contributed by atoms with Crippen LogP contribution in [0.15, 0.2) is 41.3 Å². The number of halogens is 2. The van der Waals surface area contributed by atoms with Gasteiger partial charge in [0.15, 0.2) is 0 Å². The van der Waals surface area contributed by atoms with Crippen molar-refractivity contribution >= 4 is 21.6 Å². The van der Waals surface area contributed by atoms with E-state index in [0.717, 1.165) is 18.2 Å². The highest BCUT2D eigenvalue weighted by molar-refractivity contribution is 7.89. The number of hydrogen-bond acceptors (Lipinski definition) is 3. The van der Waals surface area contributed by atoms with E-state index in [2.05, 4.69) is 10.0 Å². The summed E-state index contributed by atoms with van der Waals surface area (Å²) in [5, 5.41) is 2.60. The molecule has 0 unspecified atom stereocenters. The van der Waals surface area contributed by atoms with Crippen molar-refractivity contribution in [2.45, 2.75) is 17.9 Å². The van der Waals surface area contributed by atoms with Crippen LogP contribution < -0.4 is 10.0 Å². The van der Waals surface area contributed by atoms with E-state index in [-0.39, 0.29) is 29.3 Å². The molecule has 2 aromatic rings. The maximum Gasteiger partial charge on any atom is 0.240 e.